The van der Waals surface area contributed by atoms with Crippen LogP contribution in [0.4, 0.5) is 30.6 Å². The van der Waals surface area contributed by atoms with Crippen molar-refractivity contribution in [3.8, 4) is 0 Å². The van der Waals surface area contributed by atoms with Crippen LogP contribution in [0.5, 0.6) is 0 Å². The summed E-state index contributed by atoms with van der Waals surface area (Å²) >= 11 is 0. The lowest BCUT2D eigenvalue weighted by atomic mass is 9.92. The average molecular weight is 420 g/mol. The Morgan fingerprint density at radius 2 is 1.93 bits per heavy atom. The molecule has 30 heavy (non-hydrogen) atoms. The number of nitrogens with zero attached hydrogens (tertiary/aromatic N) is 3. The Morgan fingerprint density at radius 1 is 1.20 bits per heavy atom. The summed E-state index contributed by atoms with van der Waals surface area (Å²) in [6.07, 6.45) is -0.870. The molecule has 1 aliphatic carbocycles. The summed E-state index contributed by atoms with van der Waals surface area (Å²) in [5.41, 5.74) is 7.06. The van der Waals surface area contributed by atoms with E-state index in [4.69, 9.17) is 5.73 Å². The van der Waals surface area contributed by atoms with E-state index in [1.807, 2.05) is 0 Å². The molecule has 1 saturated carbocycles. The first-order valence-electron chi connectivity index (χ1n) is 9.82. The molecule has 1 fully saturated rings. The number of carbonyl (C=O) groups excluding carboxylic acids is 1. The van der Waals surface area contributed by atoms with Gasteiger partial charge < -0.3 is 21.3 Å². The minimum atomic E-state index is -4.57. The molecule has 2 aliphatic rings. The molecular weight excluding hydrogens is 397 g/mol. The molecule has 1 aromatic heterocycles. The Kier molecular flexibility index (Phi) is 5.27. The molecule has 4 rings (SSSR count). The largest absolute Gasteiger partial charge is 0.421 e. The second-order valence-electron chi connectivity index (χ2n) is 7.87. The molecule has 4 N–H and O–H groups in total. The number of carbonyl (C=O) groups is 1. The van der Waals surface area contributed by atoms with Gasteiger partial charge in [0.15, 0.2) is 0 Å². The molecule has 0 radical (unpaired) electrons. The van der Waals surface area contributed by atoms with E-state index in [1.54, 1.807) is 30.1 Å². The quantitative estimate of drug-likeness (QED) is 0.701. The van der Waals surface area contributed by atoms with Crippen molar-refractivity contribution >= 4 is 23.4 Å². The number of amides is 1. The second-order valence-corrected chi connectivity index (χ2v) is 7.87. The van der Waals surface area contributed by atoms with Crippen molar-refractivity contribution in [3.05, 3.63) is 41.1 Å². The maximum absolute atomic E-state index is 13.4. The Hall–Kier alpha value is -2.88. The molecule has 1 aromatic carbocycles. The van der Waals surface area contributed by atoms with Crippen molar-refractivity contribution in [2.24, 2.45) is 5.73 Å². The molecule has 0 spiro atoms. The number of fused-ring (bicyclic) bond motifs is 1. The van der Waals surface area contributed by atoms with E-state index in [2.05, 4.69) is 20.6 Å². The van der Waals surface area contributed by atoms with Gasteiger partial charge in [0.2, 0.25) is 5.95 Å². The van der Waals surface area contributed by atoms with Crippen molar-refractivity contribution in [2.45, 2.75) is 50.5 Å². The molecule has 1 amide bonds. The molecule has 1 aliphatic heterocycles. The minimum absolute atomic E-state index is 0.0515. The fourth-order valence-corrected chi connectivity index (χ4v) is 3.89. The third kappa shape index (κ3) is 4.18. The number of aromatic nitrogens is 2. The Morgan fingerprint density at radius 3 is 2.63 bits per heavy atom. The molecule has 0 bridgehead atoms. The number of alkyl halides is 3. The second kappa shape index (κ2) is 7.75. The first-order chi connectivity index (χ1) is 14.2. The molecule has 2 aromatic rings. The van der Waals surface area contributed by atoms with Crippen LogP contribution >= 0.6 is 0 Å². The zero-order valence-electron chi connectivity index (χ0n) is 16.5. The maximum Gasteiger partial charge on any atom is 0.421 e. The van der Waals surface area contributed by atoms with Crippen molar-refractivity contribution < 1.29 is 18.0 Å². The summed E-state index contributed by atoms with van der Waals surface area (Å²) in [4.78, 5) is 21.6. The van der Waals surface area contributed by atoms with Gasteiger partial charge >= 0.3 is 6.18 Å². The highest BCUT2D eigenvalue weighted by Gasteiger charge is 2.36. The maximum atomic E-state index is 13.4. The zero-order chi connectivity index (χ0) is 21.5. The summed E-state index contributed by atoms with van der Waals surface area (Å²) in [6.45, 7) is 0.480. The standard InChI is InChI=1S/C20H23F3N6O/c1-29-10-11-8-14(6-7-15(11)18(29)30)27-19-25-9-16(20(21,22)23)17(28-19)26-13-4-2-12(24)3-5-13/h6-9,12-13H,2-5,10,24H2,1H3,(H2,25,26,27,28)/t12-,13+. The van der Waals surface area contributed by atoms with Crippen LogP contribution in [0.3, 0.4) is 0 Å². The Labute approximate surface area is 171 Å². The summed E-state index contributed by atoms with van der Waals surface area (Å²) in [5.74, 6) is -0.242. The molecule has 0 unspecified atom stereocenters. The van der Waals surface area contributed by atoms with Crippen LogP contribution in [-0.4, -0.2) is 39.9 Å². The smallest absolute Gasteiger partial charge is 0.367 e. The molecule has 10 heteroatoms. The lowest BCUT2D eigenvalue weighted by Gasteiger charge is -2.28. The first-order valence-corrected chi connectivity index (χ1v) is 9.82. The van der Waals surface area contributed by atoms with Crippen LogP contribution < -0.4 is 16.4 Å². The van der Waals surface area contributed by atoms with E-state index in [1.165, 1.54) is 0 Å². The minimum Gasteiger partial charge on any atom is -0.367 e. The van der Waals surface area contributed by atoms with Gasteiger partial charge in [-0.1, -0.05) is 0 Å². The number of hydrogen-bond acceptors (Lipinski definition) is 6. The van der Waals surface area contributed by atoms with Gasteiger partial charge in [-0.25, -0.2) is 4.98 Å². The molecule has 0 atom stereocenters. The molecule has 7 nitrogen and oxygen atoms in total. The lowest BCUT2D eigenvalue weighted by molar-refractivity contribution is -0.137. The third-order valence-corrected chi connectivity index (χ3v) is 5.55. The monoisotopic (exact) mass is 420 g/mol. The van der Waals surface area contributed by atoms with Gasteiger partial charge in [-0.15, -0.1) is 0 Å². The van der Waals surface area contributed by atoms with Crippen LogP contribution in [0, 0.1) is 0 Å². The lowest BCUT2D eigenvalue weighted by Crippen LogP contribution is -2.33. The number of rotatable bonds is 4. The number of hydrogen-bond donors (Lipinski definition) is 3. The molecular formula is C20H23F3N6O. The van der Waals surface area contributed by atoms with E-state index >= 15 is 0 Å². The summed E-state index contributed by atoms with van der Waals surface area (Å²) < 4.78 is 40.3. The summed E-state index contributed by atoms with van der Waals surface area (Å²) in [6, 6.07) is 5.14. The summed E-state index contributed by atoms with van der Waals surface area (Å²) in [7, 11) is 1.71. The highest BCUT2D eigenvalue weighted by atomic mass is 19.4. The van der Waals surface area contributed by atoms with Crippen molar-refractivity contribution in [3.63, 3.8) is 0 Å². The first kappa shape index (κ1) is 20.4. The SMILES string of the molecule is CN1Cc2cc(Nc3ncc(C(F)(F)F)c(N[C@H]4CC[C@@H](N)CC4)n3)ccc2C1=O. The van der Waals surface area contributed by atoms with Crippen molar-refractivity contribution in [1.29, 1.82) is 0 Å². The van der Waals surface area contributed by atoms with Gasteiger partial charge in [0.05, 0.1) is 0 Å². The number of halogens is 3. The van der Waals surface area contributed by atoms with Gasteiger partial charge in [0, 0.05) is 43.1 Å². The van der Waals surface area contributed by atoms with Crippen molar-refractivity contribution in [1.82, 2.24) is 14.9 Å². The van der Waals surface area contributed by atoms with E-state index in [0.717, 1.165) is 24.6 Å². The van der Waals surface area contributed by atoms with E-state index in [0.29, 0.717) is 30.6 Å². The fraction of sp³-hybridized carbons (Fsp3) is 0.450. The highest BCUT2D eigenvalue weighted by molar-refractivity contribution is 5.98. The van der Waals surface area contributed by atoms with Crippen LogP contribution in [-0.2, 0) is 12.7 Å². The van der Waals surface area contributed by atoms with E-state index in [-0.39, 0.29) is 29.8 Å². The van der Waals surface area contributed by atoms with Gasteiger partial charge in [-0.05, 0) is 49.4 Å². The predicted octanol–water partition coefficient (Wildman–Crippen LogP) is 3.51. The Bertz CT molecular complexity index is 956. The predicted molar refractivity (Wildman–Crippen MR) is 106 cm³/mol. The molecule has 2 heterocycles. The topological polar surface area (TPSA) is 96.2 Å². The zero-order valence-corrected chi connectivity index (χ0v) is 16.5. The van der Waals surface area contributed by atoms with E-state index in [9.17, 15) is 18.0 Å². The van der Waals surface area contributed by atoms with Gasteiger partial charge in [-0.3, -0.25) is 4.79 Å². The fourth-order valence-electron chi connectivity index (χ4n) is 3.89. The normalized spacial score (nSPS) is 21.5. The van der Waals surface area contributed by atoms with Crippen LogP contribution in [0.15, 0.2) is 24.4 Å². The molecule has 160 valence electrons. The number of benzene rings is 1. The van der Waals surface area contributed by atoms with E-state index < -0.39 is 11.7 Å². The number of nitrogens with one attached hydrogen (secondary N) is 2. The Balaban J connectivity index is 1.57. The summed E-state index contributed by atoms with van der Waals surface area (Å²) in [5, 5.41) is 5.89. The van der Waals surface area contributed by atoms with Gasteiger partial charge in [-0.2, -0.15) is 18.2 Å². The van der Waals surface area contributed by atoms with Crippen LogP contribution in [0.25, 0.3) is 0 Å². The van der Waals surface area contributed by atoms with Gasteiger partial charge in [0.1, 0.15) is 11.4 Å². The number of anilines is 3. The van der Waals surface area contributed by atoms with Gasteiger partial charge in [0.25, 0.3) is 5.91 Å². The van der Waals surface area contributed by atoms with Crippen LogP contribution in [0.1, 0.15) is 47.2 Å². The average Bonchev–Trinajstić information content (AvgIpc) is 2.96. The highest BCUT2D eigenvalue weighted by Crippen LogP contribution is 2.35. The van der Waals surface area contributed by atoms with Crippen LogP contribution in [0.2, 0.25) is 0 Å². The molecule has 0 saturated heterocycles. The third-order valence-electron chi connectivity index (χ3n) is 5.55. The van der Waals surface area contributed by atoms with Crippen molar-refractivity contribution in [2.75, 3.05) is 17.7 Å². The number of nitrogens with two attached hydrogens (primary N) is 1.